The minimum atomic E-state index is -4.48. The number of nitrogens with zero attached hydrogens (tertiary/aromatic N) is 2. The van der Waals surface area contributed by atoms with Crippen LogP contribution >= 0.6 is 0 Å². The number of rotatable bonds is 6. The molecule has 0 atom stereocenters. The highest BCUT2D eigenvalue weighted by molar-refractivity contribution is 5.96. The fourth-order valence-corrected chi connectivity index (χ4v) is 3.30. The molecule has 0 aliphatic carbocycles. The van der Waals surface area contributed by atoms with Gasteiger partial charge >= 0.3 is 11.9 Å². The number of hydrogen-bond acceptors (Lipinski definition) is 4. The normalized spacial score (nSPS) is 11.4. The van der Waals surface area contributed by atoms with E-state index in [0.717, 1.165) is 27.2 Å². The van der Waals surface area contributed by atoms with Crippen LogP contribution in [-0.4, -0.2) is 22.0 Å². The highest BCUT2D eigenvalue weighted by Crippen LogP contribution is 2.29. The summed E-state index contributed by atoms with van der Waals surface area (Å²) >= 11 is 0. The van der Waals surface area contributed by atoms with Gasteiger partial charge in [-0.2, -0.15) is 13.2 Å². The summed E-state index contributed by atoms with van der Waals surface area (Å²) < 4.78 is 39.4. The summed E-state index contributed by atoms with van der Waals surface area (Å²) in [7, 11) is 0. The standard InChI is InChI=1S/C22H21F3N4O3/c1-2-28(17(30)12-14-8-10-16(11-9-14)22(23,24)25)18-19(26)29(21(32)27-20(18)31)13-15-6-4-3-5-7-15/h3-11H,2,12-13,26H2,1H3,(H,27,31,32). The molecule has 0 saturated carbocycles. The van der Waals surface area contributed by atoms with Crippen molar-refractivity contribution in [3.63, 3.8) is 0 Å². The molecule has 0 aliphatic rings. The Labute approximate surface area is 180 Å². The first-order valence-corrected chi connectivity index (χ1v) is 9.74. The number of aromatic nitrogens is 2. The lowest BCUT2D eigenvalue weighted by atomic mass is 10.1. The molecule has 168 valence electrons. The predicted molar refractivity (Wildman–Crippen MR) is 114 cm³/mol. The van der Waals surface area contributed by atoms with E-state index in [2.05, 4.69) is 4.98 Å². The number of carbonyl (C=O) groups is 1. The maximum atomic E-state index is 12.9. The predicted octanol–water partition coefficient (Wildman–Crippen LogP) is 2.78. The van der Waals surface area contributed by atoms with E-state index in [0.29, 0.717) is 5.56 Å². The molecule has 0 fully saturated rings. The van der Waals surface area contributed by atoms with Crippen molar-refractivity contribution in [3.05, 3.63) is 92.1 Å². The maximum absolute atomic E-state index is 12.9. The van der Waals surface area contributed by atoms with Crippen LogP contribution < -0.4 is 21.9 Å². The van der Waals surface area contributed by atoms with Gasteiger partial charge in [0.15, 0.2) is 5.69 Å². The van der Waals surface area contributed by atoms with E-state index < -0.39 is 28.9 Å². The van der Waals surface area contributed by atoms with Gasteiger partial charge in [-0.3, -0.25) is 19.1 Å². The van der Waals surface area contributed by atoms with Crippen LogP contribution in [0.3, 0.4) is 0 Å². The third-order valence-corrected chi connectivity index (χ3v) is 4.92. The number of aromatic amines is 1. The van der Waals surface area contributed by atoms with E-state index in [9.17, 15) is 27.6 Å². The molecule has 0 bridgehead atoms. The number of amides is 1. The van der Waals surface area contributed by atoms with Gasteiger partial charge in [-0.15, -0.1) is 0 Å². The van der Waals surface area contributed by atoms with Crippen molar-refractivity contribution in [1.82, 2.24) is 9.55 Å². The number of H-pyrrole nitrogens is 1. The lowest BCUT2D eigenvalue weighted by Gasteiger charge is -2.23. The number of halogens is 3. The Morgan fingerprint density at radius 1 is 1.03 bits per heavy atom. The van der Waals surface area contributed by atoms with Crippen LogP contribution in [-0.2, 0) is 23.9 Å². The summed E-state index contributed by atoms with van der Waals surface area (Å²) in [5.74, 6) is -0.723. The zero-order chi connectivity index (χ0) is 23.5. The second-order valence-electron chi connectivity index (χ2n) is 7.07. The maximum Gasteiger partial charge on any atom is 0.416 e. The molecule has 0 unspecified atom stereocenters. The van der Waals surface area contributed by atoms with Gasteiger partial charge in [-0.1, -0.05) is 42.5 Å². The second kappa shape index (κ2) is 9.13. The molecular weight excluding hydrogens is 425 g/mol. The second-order valence-corrected chi connectivity index (χ2v) is 7.07. The minimum absolute atomic E-state index is 0.0658. The average molecular weight is 446 g/mol. The third kappa shape index (κ3) is 4.90. The van der Waals surface area contributed by atoms with Crippen LogP contribution in [0.2, 0.25) is 0 Å². The molecule has 0 spiro atoms. The summed E-state index contributed by atoms with van der Waals surface area (Å²) in [4.78, 5) is 41.0. The molecular formula is C22H21F3N4O3. The van der Waals surface area contributed by atoms with Gasteiger partial charge in [0, 0.05) is 6.54 Å². The number of benzene rings is 2. The van der Waals surface area contributed by atoms with Crippen molar-refractivity contribution in [2.45, 2.75) is 26.1 Å². The summed E-state index contributed by atoms with van der Waals surface area (Å²) in [6, 6.07) is 13.1. The van der Waals surface area contributed by atoms with Gasteiger partial charge in [0.05, 0.1) is 18.5 Å². The van der Waals surface area contributed by atoms with Crippen molar-refractivity contribution in [1.29, 1.82) is 0 Å². The fraction of sp³-hybridized carbons (Fsp3) is 0.227. The van der Waals surface area contributed by atoms with Crippen LogP contribution in [0, 0.1) is 0 Å². The Kier molecular flexibility index (Phi) is 6.52. The smallest absolute Gasteiger partial charge is 0.383 e. The first kappa shape index (κ1) is 22.9. The average Bonchev–Trinajstić information content (AvgIpc) is 2.74. The Balaban J connectivity index is 1.92. The topological polar surface area (TPSA) is 101 Å². The number of alkyl halides is 3. The Bertz CT molecular complexity index is 1220. The lowest BCUT2D eigenvalue weighted by molar-refractivity contribution is -0.137. The van der Waals surface area contributed by atoms with Gasteiger partial charge in [0.2, 0.25) is 5.91 Å². The summed E-state index contributed by atoms with van der Waals surface area (Å²) in [6.07, 6.45) is -4.73. The number of likely N-dealkylation sites (N-methyl/N-ethyl adjacent to an activating group) is 1. The number of nitrogens with two attached hydrogens (primary N) is 1. The van der Waals surface area contributed by atoms with Gasteiger partial charge in [0.25, 0.3) is 5.56 Å². The molecule has 1 aromatic heterocycles. The monoisotopic (exact) mass is 446 g/mol. The van der Waals surface area contributed by atoms with E-state index in [-0.39, 0.29) is 31.0 Å². The number of anilines is 2. The van der Waals surface area contributed by atoms with Gasteiger partial charge in [-0.05, 0) is 30.2 Å². The number of carbonyl (C=O) groups excluding carboxylic acids is 1. The quantitative estimate of drug-likeness (QED) is 0.608. The van der Waals surface area contributed by atoms with Crippen LogP contribution in [0.4, 0.5) is 24.7 Å². The van der Waals surface area contributed by atoms with E-state index in [1.165, 1.54) is 12.1 Å². The summed E-state index contributed by atoms with van der Waals surface area (Å²) in [5.41, 5.74) is 4.70. The van der Waals surface area contributed by atoms with E-state index in [4.69, 9.17) is 5.73 Å². The first-order valence-electron chi connectivity index (χ1n) is 9.74. The van der Waals surface area contributed by atoms with Crippen LogP contribution in [0.5, 0.6) is 0 Å². The highest BCUT2D eigenvalue weighted by atomic mass is 19.4. The van der Waals surface area contributed by atoms with Gasteiger partial charge < -0.3 is 10.6 Å². The molecule has 1 amide bonds. The minimum Gasteiger partial charge on any atom is -0.383 e. The highest BCUT2D eigenvalue weighted by Gasteiger charge is 2.30. The van der Waals surface area contributed by atoms with E-state index in [1.54, 1.807) is 31.2 Å². The lowest BCUT2D eigenvalue weighted by Crippen LogP contribution is -2.41. The number of hydrogen-bond donors (Lipinski definition) is 2. The molecule has 0 aliphatic heterocycles. The van der Waals surface area contributed by atoms with Crippen molar-refractivity contribution in [2.75, 3.05) is 17.2 Å². The van der Waals surface area contributed by atoms with Gasteiger partial charge in [-0.25, -0.2) is 4.79 Å². The summed E-state index contributed by atoms with van der Waals surface area (Å²) in [6.45, 7) is 1.77. The molecule has 10 heteroatoms. The van der Waals surface area contributed by atoms with E-state index in [1.807, 2.05) is 6.07 Å². The molecule has 3 rings (SSSR count). The molecule has 0 saturated heterocycles. The first-order chi connectivity index (χ1) is 15.1. The Morgan fingerprint density at radius 2 is 1.66 bits per heavy atom. The zero-order valence-electron chi connectivity index (χ0n) is 17.1. The molecule has 2 aromatic carbocycles. The summed E-state index contributed by atoms with van der Waals surface area (Å²) in [5, 5.41) is 0. The molecule has 3 N–H and O–H groups in total. The van der Waals surface area contributed by atoms with Crippen molar-refractivity contribution in [2.24, 2.45) is 0 Å². The van der Waals surface area contributed by atoms with Crippen LogP contribution in [0.25, 0.3) is 0 Å². The fourth-order valence-electron chi connectivity index (χ4n) is 3.30. The third-order valence-electron chi connectivity index (χ3n) is 4.92. The number of nitrogens with one attached hydrogen (secondary N) is 1. The molecule has 3 aromatic rings. The molecule has 0 radical (unpaired) electrons. The molecule has 1 heterocycles. The van der Waals surface area contributed by atoms with Crippen molar-refractivity contribution in [3.8, 4) is 0 Å². The van der Waals surface area contributed by atoms with E-state index >= 15 is 0 Å². The Morgan fingerprint density at radius 3 is 2.22 bits per heavy atom. The van der Waals surface area contributed by atoms with Crippen molar-refractivity contribution >= 4 is 17.4 Å². The zero-order valence-corrected chi connectivity index (χ0v) is 17.1. The SMILES string of the molecule is CCN(C(=O)Cc1ccc(C(F)(F)F)cc1)c1c(N)n(Cc2ccccc2)c(=O)[nH]c1=O. The molecule has 7 nitrogen and oxygen atoms in total. The largest absolute Gasteiger partial charge is 0.416 e. The molecule has 32 heavy (non-hydrogen) atoms. The number of nitrogen functional groups attached to an aromatic ring is 1. The Hall–Kier alpha value is -3.82. The van der Waals surface area contributed by atoms with Crippen molar-refractivity contribution < 1.29 is 18.0 Å². The van der Waals surface area contributed by atoms with Crippen LogP contribution in [0.15, 0.2) is 64.2 Å². The van der Waals surface area contributed by atoms with Gasteiger partial charge in [0.1, 0.15) is 5.82 Å². The van der Waals surface area contributed by atoms with Crippen LogP contribution in [0.1, 0.15) is 23.6 Å².